The van der Waals surface area contributed by atoms with Gasteiger partial charge in [-0.15, -0.1) is 0 Å². The summed E-state index contributed by atoms with van der Waals surface area (Å²) < 4.78 is 10.7. The summed E-state index contributed by atoms with van der Waals surface area (Å²) >= 11 is 6.18. The summed E-state index contributed by atoms with van der Waals surface area (Å²) in [5.41, 5.74) is 9.74. The highest BCUT2D eigenvalue weighted by atomic mass is 35.5. The second-order valence-corrected chi connectivity index (χ2v) is 5.20. The standard InChI is InChI=1S/C17H18ClN3O3/c1-3-24-16-14(18)8-11(9-15(16)23-2)10-20-21-17(22)12-4-6-13(19)7-5-12/h4-10H,3,19H2,1-2H3,(H,21,22)/b20-10-. The van der Waals surface area contributed by atoms with Crippen LogP contribution in [-0.2, 0) is 0 Å². The molecule has 7 heteroatoms. The SMILES string of the molecule is CCOc1c(Cl)cc(/C=N\NC(=O)c2ccc(N)cc2)cc1OC. The van der Waals surface area contributed by atoms with Gasteiger partial charge in [0.05, 0.1) is 25.0 Å². The van der Waals surface area contributed by atoms with Gasteiger partial charge in [-0.25, -0.2) is 5.43 Å². The minimum Gasteiger partial charge on any atom is -0.493 e. The third-order valence-corrected chi connectivity index (χ3v) is 3.37. The Kier molecular flexibility index (Phi) is 6.03. The smallest absolute Gasteiger partial charge is 0.271 e. The summed E-state index contributed by atoms with van der Waals surface area (Å²) in [4.78, 5) is 11.9. The molecule has 0 atom stereocenters. The maximum atomic E-state index is 11.9. The first-order valence-electron chi connectivity index (χ1n) is 7.24. The lowest BCUT2D eigenvalue weighted by Crippen LogP contribution is -2.17. The number of amides is 1. The van der Waals surface area contributed by atoms with Gasteiger partial charge in [-0.05, 0) is 48.9 Å². The molecular formula is C17H18ClN3O3. The maximum Gasteiger partial charge on any atom is 0.271 e. The van der Waals surface area contributed by atoms with E-state index in [9.17, 15) is 4.79 Å². The highest BCUT2D eigenvalue weighted by Crippen LogP contribution is 2.35. The number of ether oxygens (including phenoxy) is 2. The van der Waals surface area contributed by atoms with Gasteiger partial charge in [0.25, 0.3) is 5.91 Å². The van der Waals surface area contributed by atoms with Crippen molar-refractivity contribution in [3.05, 3.63) is 52.5 Å². The summed E-state index contributed by atoms with van der Waals surface area (Å²) in [7, 11) is 1.53. The molecule has 6 nitrogen and oxygen atoms in total. The van der Waals surface area contributed by atoms with E-state index in [1.165, 1.54) is 13.3 Å². The molecule has 0 spiro atoms. The number of halogens is 1. The molecule has 0 fully saturated rings. The van der Waals surface area contributed by atoms with Crippen molar-refractivity contribution in [2.45, 2.75) is 6.92 Å². The average molecular weight is 348 g/mol. The molecule has 0 radical (unpaired) electrons. The summed E-state index contributed by atoms with van der Waals surface area (Å²) in [5.74, 6) is 0.635. The predicted octanol–water partition coefficient (Wildman–Crippen LogP) is 3.09. The molecule has 0 aliphatic heterocycles. The Morgan fingerprint density at radius 2 is 2.04 bits per heavy atom. The van der Waals surface area contributed by atoms with Gasteiger partial charge in [0.1, 0.15) is 0 Å². The fourth-order valence-electron chi connectivity index (χ4n) is 1.96. The number of hydrazone groups is 1. The highest BCUT2D eigenvalue weighted by Gasteiger charge is 2.11. The van der Waals surface area contributed by atoms with E-state index in [1.54, 1.807) is 36.4 Å². The Bertz CT molecular complexity index is 745. The zero-order valence-electron chi connectivity index (χ0n) is 13.4. The van der Waals surface area contributed by atoms with E-state index in [0.29, 0.717) is 39.9 Å². The van der Waals surface area contributed by atoms with Crippen LogP contribution in [0, 0.1) is 0 Å². The van der Waals surface area contributed by atoms with Crippen LogP contribution in [0.2, 0.25) is 5.02 Å². The molecule has 2 aromatic carbocycles. The second-order valence-electron chi connectivity index (χ2n) is 4.79. The molecule has 0 bridgehead atoms. The molecule has 24 heavy (non-hydrogen) atoms. The van der Waals surface area contributed by atoms with E-state index >= 15 is 0 Å². The second kappa shape index (κ2) is 8.21. The third-order valence-electron chi connectivity index (χ3n) is 3.09. The molecule has 0 aliphatic rings. The van der Waals surface area contributed by atoms with Crippen molar-refractivity contribution in [1.82, 2.24) is 5.43 Å². The molecule has 2 rings (SSSR count). The first kappa shape index (κ1) is 17.6. The zero-order valence-corrected chi connectivity index (χ0v) is 14.1. The van der Waals surface area contributed by atoms with Crippen LogP contribution >= 0.6 is 11.6 Å². The van der Waals surface area contributed by atoms with Crippen LogP contribution in [0.5, 0.6) is 11.5 Å². The number of rotatable bonds is 6. The fourth-order valence-corrected chi connectivity index (χ4v) is 2.24. The minimum absolute atomic E-state index is 0.338. The lowest BCUT2D eigenvalue weighted by molar-refractivity contribution is 0.0955. The van der Waals surface area contributed by atoms with Crippen LogP contribution in [0.1, 0.15) is 22.8 Å². The molecular weight excluding hydrogens is 330 g/mol. The Morgan fingerprint density at radius 1 is 1.33 bits per heavy atom. The Hall–Kier alpha value is -2.73. The van der Waals surface area contributed by atoms with E-state index in [2.05, 4.69) is 10.5 Å². The number of anilines is 1. The van der Waals surface area contributed by atoms with Crippen molar-refractivity contribution < 1.29 is 14.3 Å². The summed E-state index contributed by atoms with van der Waals surface area (Å²) in [5, 5.41) is 4.33. The van der Waals surface area contributed by atoms with Gasteiger partial charge in [-0.3, -0.25) is 4.79 Å². The largest absolute Gasteiger partial charge is 0.493 e. The molecule has 0 aliphatic carbocycles. The number of nitrogens with two attached hydrogens (primary N) is 1. The number of carbonyl (C=O) groups is 1. The van der Waals surface area contributed by atoms with Crippen molar-refractivity contribution in [2.75, 3.05) is 19.5 Å². The molecule has 0 saturated carbocycles. The Morgan fingerprint density at radius 3 is 2.67 bits per heavy atom. The number of nitrogens with one attached hydrogen (secondary N) is 1. The number of benzene rings is 2. The van der Waals surface area contributed by atoms with Crippen molar-refractivity contribution >= 4 is 29.4 Å². The van der Waals surface area contributed by atoms with Crippen molar-refractivity contribution in [2.24, 2.45) is 5.10 Å². The Balaban J connectivity index is 2.10. The van der Waals surface area contributed by atoms with Crippen molar-refractivity contribution in [1.29, 1.82) is 0 Å². The van der Waals surface area contributed by atoms with Crippen LogP contribution in [0.4, 0.5) is 5.69 Å². The molecule has 1 amide bonds. The molecule has 0 aromatic heterocycles. The van der Waals surface area contributed by atoms with Gasteiger partial charge < -0.3 is 15.2 Å². The number of hydrogen-bond acceptors (Lipinski definition) is 5. The van der Waals surface area contributed by atoms with Crippen LogP contribution in [0.3, 0.4) is 0 Å². The van der Waals surface area contributed by atoms with E-state index < -0.39 is 0 Å². The summed E-state index contributed by atoms with van der Waals surface area (Å²) in [6.07, 6.45) is 1.47. The molecule has 126 valence electrons. The minimum atomic E-state index is -0.338. The first-order chi connectivity index (χ1) is 11.5. The first-order valence-corrected chi connectivity index (χ1v) is 7.62. The third kappa shape index (κ3) is 4.39. The lowest BCUT2D eigenvalue weighted by atomic mass is 10.2. The molecule has 0 unspecified atom stereocenters. The number of hydrogen-bond donors (Lipinski definition) is 2. The monoisotopic (exact) mass is 347 g/mol. The van der Waals surface area contributed by atoms with E-state index in [-0.39, 0.29) is 5.91 Å². The lowest BCUT2D eigenvalue weighted by Gasteiger charge is -2.11. The predicted molar refractivity (Wildman–Crippen MR) is 95.1 cm³/mol. The average Bonchev–Trinajstić information content (AvgIpc) is 2.57. The Labute approximate surface area is 145 Å². The summed E-state index contributed by atoms with van der Waals surface area (Å²) in [6.45, 7) is 2.33. The van der Waals surface area contributed by atoms with Gasteiger partial charge in [0.15, 0.2) is 11.5 Å². The maximum absolute atomic E-state index is 11.9. The zero-order chi connectivity index (χ0) is 17.5. The van der Waals surface area contributed by atoms with Crippen LogP contribution in [0.15, 0.2) is 41.5 Å². The van der Waals surface area contributed by atoms with Crippen LogP contribution < -0.4 is 20.6 Å². The normalized spacial score (nSPS) is 10.6. The quantitative estimate of drug-likeness (QED) is 0.477. The van der Waals surface area contributed by atoms with Gasteiger partial charge >= 0.3 is 0 Å². The summed E-state index contributed by atoms with van der Waals surface area (Å²) in [6, 6.07) is 9.93. The van der Waals surface area contributed by atoms with Gasteiger partial charge in [0.2, 0.25) is 0 Å². The van der Waals surface area contributed by atoms with Crippen LogP contribution in [0.25, 0.3) is 0 Å². The van der Waals surface area contributed by atoms with Gasteiger partial charge in [-0.1, -0.05) is 11.6 Å². The molecule has 3 N–H and O–H groups in total. The molecule has 0 heterocycles. The van der Waals surface area contributed by atoms with E-state index in [1.807, 2.05) is 6.92 Å². The van der Waals surface area contributed by atoms with Gasteiger partial charge in [0, 0.05) is 11.3 Å². The topological polar surface area (TPSA) is 85.9 Å². The number of nitrogen functional groups attached to an aromatic ring is 1. The number of nitrogens with zero attached hydrogens (tertiary/aromatic N) is 1. The van der Waals surface area contributed by atoms with E-state index in [4.69, 9.17) is 26.8 Å². The number of carbonyl (C=O) groups excluding carboxylic acids is 1. The van der Waals surface area contributed by atoms with Crippen LogP contribution in [-0.4, -0.2) is 25.8 Å². The van der Waals surface area contributed by atoms with Gasteiger partial charge in [-0.2, -0.15) is 5.10 Å². The highest BCUT2D eigenvalue weighted by molar-refractivity contribution is 6.32. The van der Waals surface area contributed by atoms with Crippen molar-refractivity contribution in [3.8, 4) is 11.5 Å². The molecule has 2 aromatic rings. The molecule has 0 saturated heterocycles. The fraction of sp³-hybridized carbons (Fsp3) is 0.176. The number of methoxy groups -OCH3 is 1. The van der Waals surface area contributed by atoms with Crippen molar-refractivity contribution in [3.63, 3.8) is 0 Å². The van der Waals surface area contributed by atoms with E-state index in [0.717, 1.165) is 0 Å².